The smallest absolute Gasteiger partial charge is 0.0955 e. The summed E-state index contributed by atoms with van der Waals surface area (Å²) in [6.45, 7) is 23.5. The van der Waals surface area contributed by atoms with E-state index in [1.165, 1.54) is 51.4 Å². The van der Waals surface area contributed by atoms with Gasteiger partial charge in [0.15, 0.2) is 0 Å². The number of epoxide rings is 10. The van der Waals surface area contributed by atoms with Crippen LogP contribution in [0.15, 0.2) is 0 Å². The van der Waals surface area contributed by atoms with Gasteiger partial charge in [-0.25, -0.2) is 0 Å². The largest absolute Gasteiger partial charge is 0.369 e. The van der Waals surface area contributed by atoms with Crippen LogP contribution in [0.25, 0.3) is 0 Å². The Morgan fingerprint density at radius 2 is 0.771 bits per heavy atom. The zero-order valence-corrected chi connectivity index (χ0v) is 43.4. The van der Waals surface area contributed by atoms with Gasteiger partial charge in [0.25, 0.3) is 0 Å². The van der Waals surface area contributed by atoms with Crippen molar-refractivity contribution in [3.8, 4) is 0 Å². The molecule has 0 aromatic heterocycles. The van der Waals surface area contributed by atoms with E-state index in [1.807, 2.05) is 0 Å². The van der Waals surface area contributed by atoms with Gasteiger partial charge in [-0.2, -0.15) is 0 Å². The lowest BCUT2D eigenvalue weighted by molar-refractivity contribution is 0.0922. The van der Waals surface area contributed by atoms with E-state index in [0.29, 0.717) is 95.7 Å². The van der Waals surface area contributed by atoms with Crippen molar-refractivity contribution >= 4 is 0 Å². The molecule has 42 atom stereocenters. The van der Waals surface area contributed by atoms with Crippen molar-refractivity contribution in [2.75, 3.05) is 0 Å². The fourth-order valence-electron chi connectivity index (χ4n) is 27.2. The summed E-state index contributed by atoms with van der Waals surface area (Å²) in [6.07, 6.45) is 18.4. The number of rotatable bonds is 0. The summed E-state index contributed by atoms with van der Waals surface area (Å²) >= 11 is 0. The van der Waals surface area contributed by atoms with Gasteiger partial charge in [-0.3, -0.25) is 0 Å². The highest BCUT2D eigenvalue weighted by Gasteiger charge is 2.86. The molecule has 0 aromatic rings. The first-order chi connectivity index (χ1) is 33.3. The monoisotopic (exact) mass is 961 g/mol. The maximum absolute atomic E-state index is 5.92. The van der Waals surface area contributed by atoms with Crippen LogP contribution in [-0.2, 0) is 47.4 Å². The number of ether oxygens (including phenoxy) is 10. The van der Waals surface area contributed by atoms with Crippen LogP contribution in [0.1, 0.15) is 121 Å². The predicted octanol–water partition coefficient (Wildman–Crippen LogP) is 7.65. The van der Waals surface area contributed by atoms with Crippen molar-refractivity contribution in [2.45, 2.75) is 239 Å². The van der Waals surface area contributed by atoms with E-state index in [2.05, 4.69) is 69.2 Å². The van der Waals surface area contributed by atoms with Crippen molar-refractivity contribution in [3.63, 3.8) is 0 Å². The minimum atomic E-state index is 0.268. The molecule has 10 heterocycles. The van der Waals surface area contributed by atoms with Gasteiger partial charge in [0, 0.05) is 0 Å². The average molecular weight is 961 g/mol. The average Bonchev–Trinajstić information content (AvgIpc) is 3.84. The first-order valence-corrected chi connectivity index (χ1v) is 30.1. The van der Waals surface area contributed by atoms with E-state index in [1.54, 1.807) is 0 Å². The van der Waals surface area contributed by atoms with Gasteiger partial charge < -0.3 is 47.4 Å². The molecule has 10 bridgehead atoms. The maximum atomic E-state index is 5.92. The summed E-state index contributed by atoms with van der Waals surface area (Å²) in [7, 11) is 0. The molecule has 70 heavy (non-hydrogen) atoms. The van der Waals surface area contributed by atoms with E-state index in [9.17, 15) is 0 Å². The van der Waals surface area contributed by atoms with Crippen molar-refractivity contribution in [3.05, 3.63) is 0 Å². The van der Waals surface area contributed by atoms with E-state index >= 15 is 0 Å². The van der Waals surface area contributed by atoms with Crippen LogP contribution >= 0.6 is 0 Å². The van der Waals surface area contributed by atoms with Crippen LogP contribution in [0.4, 0.5) is 0 Å². The lowest BCUT2D eigenvalue weighted by atomic mass is 9.73. The molecule has 10 saturated heterocycles. The van der Waals surface area contributed by atoms with Gasteiger partial charge in [0.2, 0.25) is 0 Å². The predicted molar refractivity (Wildman–Crippen MR) is 249 cm³/mol. The third-order valence-electron chi connectivity index (χ3n) is 30.1. The molecule has 25 fully saturated rings. The molecule has 15 aliphatic carbocycles. The summed E-state index contributed by atoms with van der Waals surface area (Å²) in [5.74, 6) is 19.4. The van der Waals surface area contributed by atoms with E-state index in [4.69, 9.17) is 47.4 Å². The molecule has 380 valence electrons. The first kappa shape index (κ1) is 40.8. The highest BCUT2D eigenvalue weighted by Crippen LogP contribution is 2.80. The molecule has 0 amide bonds. The Labute approximate surface area is 414 Å². The second-order valence-electron chi connectivity index (χ2n) is 32.1. The standard InChI is InChI=1S/5C12H16O2/c1-11-7-3-6(10(11)14-11)9-5(7)4-8-12(9,2)13-8;1-11-7-3-6(10(11)14-11)5-4-8-12(2,13-8)9(5)7;1-11-4-6-7-3-5(8(6)10(11)13-11)9-12(7,2)14-9;1-4-6-5-3-12(2)11(14-12)8(5)7(4)10-9(6)13-10;1-4-7-5-3-6-12(2,14-6)9(5)8(4)11-10(7)13-11/h3*5-10H,3-4H2,1-2H3;2*4-11H,3H2,1-2H3. The second-order valence-corrected chi connectivity index (χ2v) is 32.1. The summed E-state index contributed by atoms with van der Waals surface area (Å²) in [6, 6.07) is 0. The summed E-state index contributed by atoms with van der Waals surface area (Å²) in [4.78, 5) is 0. The van der Waals surface area contributed by atoms with Crippen LogP contribution in [0.2, 0.25) is 0 Å². The molecule has 10 aliphatic heterocycles. The van der Waals surface area contributed by atoms with Gasteiger partial charge in [0.05, 0.1) is 118 Å². The molecule has 15 saturated carbocycles. The molecule has 10 nitrogen and oxygen atoms in total. The van der Waals surface area contributed by atoms with Crippen LogP contribution in [0, 0.1) is 130 Å². The highest BCUT2D eigenvalue weighted by atomic mass is 16.6. The molecular weight excluding hydrogens is 881 g/mol. The molecule has 10 heteroatoms. The quantitative estimate of drug-likeness (QED) is 0.224. The van der Waals surface area contributed by atoms with Gasteiger partial charge in [-0.05, 0) is 237 Å². The minimum Gasteiger partial charge on any atom is -0.369 e. The Kier molecular flexibility index (Phi) is 6.50. The molecular formula is C60H80O10. The maximum Gasteiger partial charge on any atom is 0.0955 e. The van der Waals surface area contributed by atoms with Crippen LogP contribution in [0.3, 0.4) is 0 Å². The summed E-state index contributed by atoms with van der Waals surface area (Å²) < 4.78 is 58.6. The molecule has 0 aromatic carbocycles. The Morgan fingerprint density at radius 1 is 0.300 bits per heavy atom. The van der Waals surface area contributed by atoms with Crippen LogP contribution < -0.4 is 0 Å². The zero-order valence-electron chi connectivity index (χ0n) is 43.4. The highest BCUT2D eigenvalue weighted by molar-refractivity contribution is 5.34. The van der Waals surface area contributed by atoms with Crippen molar-refractivity contribution in [2.24, 2.45) is 130 Å². The van der Waals surface area contributed by atoms with Gasteiger partial charge in [-0.1, -0.05) is 13.8 Å². The van der Waals surface area contributed by atoms with Crippen molar-refractivity contribution < 1.29 is 47.4 Å². The van der Waals surface area contributed by atoms with Gasteiger partial charge in [-0.15, -0.1) is 0 Å². The Morgan fingerprint density at radius 3 is 1.47 bits per heavy atom. The lowest BCUT2D eigenvalue weighted by Gasteiger charge is -2.30. The molecule has 25 rings (SSSR count). The summed E-state index contributed by atoms with van der Waals surface area (Å²) in [5, 5.41) is 0. The number of fused-ring (bicyclic) bond motifs is 50. The van der Waals surface area contributed by atoms with E-state index in [-0.39, 0.29) is 22.4 Å². The first-order valence-electron chi connectivity index (χ1n) is 30.1. The Balaban J connectivity index is 0.0000000657. The van der Waals surface area contributed by atoms with Crippen LogP contribution in [-0.4, -0.2) is 118 Å². The molecule has 25 aliphatic rings. The molecule has 42 unspecified atom stereocenters. The second kappa shape index (κ2) is 11.2. The third kappa shape index (κ3) is 4.25. The molecule has 0 spiro atoms. The Bertz CT molecular complexity index is 2490. The normalized spacial score (nSPS) is 81.0. The topological polar surface area (TPSA) is 125 Å². The van der Waals surface area contributed by atoms with Gasteiger partial charge in [0.1, 0.15) is 0 Å². The SMILES string of the molecule is CC12CC3C(C4CC3C3(C)OC43)C1O2.CC12OC1C1CC2C2C1CC1OC12C.CC12OC1C1CC2C2CC3OC3(C)C21.CC1C2C3CC4(C)OC4C3C1C1OC12.CC1C2C3CC4OC4(C)C3C1C1OC12. The van der Waals surface area contributed by atoms with Gasteiger partial charge >= 0.3 is 0 Å². The van der Waals surface area contributed by atoms with Crippen LogP contribution in [0.5, 0.6) is 0 Å². The number of hydrogen-bond acceptors (Lipinski definition) is 10. The van der Waals surface area contributed by atoms with Crippen molar-refractivity contribution in [1.82, 2.24) is 0 Å². The number of hydrogen-bond donors (Lipinski definition) is 0. The Hall–Kier alpha value is -0.400. The summed E-state index contributed by atoms with van der Waals surface area (Å²) in [5.41, 5.74) is 2.28. The third-order valence-corrected chi connectivity index (χ3v) is 30.1. The fraction of sp³-hybridized carbons (Fsp3) is 1.00. The lowest BCUT2D eigenvalue weighted by Crippen LogP contribution is -2.37. The van der Waals surface area contributed by atoms with E-state index in [0.717, 1.165) is 130 Å². The molecule has 0 radical (unpaired) electrons. The van der Waals surface area contributed by atoms with E-state index < -0.39 is 0 Å². The fourth-order valence-corrected chi connectivity index (χ4v) is 27.2. The van der Waals surface area contributed by atoms with Crippen molar-refractivity contribution in [1.29, 1.82) is 0 Å². The zero-order chi connectivity index (χ0) is 46.4. The minimum absolute atomic E-state index is 0.268. The molecule has 0 N–H and O–H groups in total.